The summed E-state index contributed by atoms with van der Waals surface area (Å²) in [7, 11) is -4.36. The molecule has 1 fully saturated rings. The van der Waals surface area contributed by atoms with Crippen LogP contribution in [0.1, 0.15) is 61.5 Å². The lowest BCUT2D eigenvalue weighted by atomic mass is 9.80. The number of halogens is 5. The van der Waals surface area contributed by atoms with Crippen LogP contribution in [0.3, 0.4) is 0 Å². The minimum absolute atomic E-state index is 0.224. The highest BCUT2D eigenvalue weighted by Gasteiger charge is 2.38. The van der Waals surface area contributed by atoms with Gasteiger partial charge in [-0.1, -0.05) is 0 Å². The number of nitrogens with one attached hydrogen (secondary N) is 3. The van der Waals surface area contributed by atoms with Crippen LogP contribution in [0.25, 0.3) is 0 Å². The van der Waals surface area contributed by atoms with Crippen molar-refractivity contribution in [3.05, 3.63) is 80.1 Å². The quantitative estimate of drug-likeness (QED) is 0.138. The largest absolute Gasteiger partial charge is 0.350 e. The molecule has 0 atom stereocenters. The number of carbonyl (C=O) groups excluding carboxylic acids is 1. The normalized spacial score (nSPS) is 14.6. The van der Waals surface area contributed by atoms with E-state index in [1.807, 2.05) is 22.6 Å². The maximum Gasteiger partial charge on any atom is 0.277 e. The first kappa shape index (κ1) is 31.1. The van der Waals surface area contributed by atoms with Crippen molar-refractivity contribution < 1.29 is 35.6 Å². The lowest BCUT2D eigenvalue weighted by Gasteiger charge is -2.38. The van der Waals surface area contributed by atoms with Gasteiger partial charge < -0.3 is 5.32 Å². The molecule has 0 unspecified atom stereocenters. The van der Waals surface area contributed by atoms with Crippen LogP contribution in [-0.4, -0.2) is 31.0 Å². The number of aromatic nitrogens is 1. The predicted molar refractivity (Wildman–Crippen MR) is 152 cm³/mol. The number of carbonyl (C=O) groups is 1. The number of nitrogens with zero attached hydrogens (tertiary/aromatic N) is 1. The SMILES string of the molecule is CC(C)ONC(=O)c1cc(Cc2ccnc(S(=O)(=O)NC3(C)CCC3)c2F)c(F)c(F)c1Nc1ccc(I)cc1F. The molecule has 1 amide bonds. The van der Waals surface area contributed by atoms with E-state index in [0.29, 0.717) is 16.4 Å². The molecule has 3 aromatic rings. The fraction of sp³-hybridized carbons (Fsp3) is 0.333. The Morgan fingerprint density at radius 3 is 2.39 bits per heavy atom. The van der Waals surface area contributed by atoms with E-state index in [1.54, 1.807) is 20.8 Å². The number of sulfonamides is 1. The molecule has 1 aliphatic rings. The van der Waals surface area contributed by atoms with Crippen LogP contribution in [-0.2, 0) is 21.3 Å². The van der Waals surface area contributed by atoms with Crippen LogP contribution >= 0.6 is 22.6 Å². The van der Waals surface area contributed by atoms with Crippen LogP contribution in [0.5, 0.6) is 0 Å². The van der Waals surface area contributed by atoms with Crippen LogP contribution in [0, 0.1) is 26.8 Å². The van der Waals surface area contributed by atoms with Crippen LogP contribution in [0.4, 0.5) is 28.9 Å². The first-order chi connectivity index (χ1) is 19.2. The Kier molecular flexibility index (Phi) is 9.26. The summed E-state index contributed by atoms with van der Waals surface area (Å²) in [5.74, 6) is -5.97. The van der Waals surface area contributed by atoms with Gasteiger partial charge in [-0.25, -0.2) is 41.2 Å². The van der Waals surface area contributed by atoms with Crippen molar-refractivity contribution >= 4 is 49.9 Å². The van der Waals surface area contributed by atoms with Gasteiger partial charge in [0.2, 0.25) is 5.03 Å². The molecule has 3 N–H and O–H groups in total. The van der Waals surface area contributed by atoms with E-state index in [0.717, 1.165) is 30.8 Å². The highest BCUT2D eigenvalue weighted by atomic mass is 127. The highest BCUT2D eigenvalue weighted by molar-refractivity contribution is 14.1. The summed E-state index contributed by atoms with van der Waals surface area (Å²) < 4.78 is 89.6. The Labute approximate surface area is 248 Å². The van der Waals surface area contributed by atoms with Gasteiger partial charge in [0.25, 0.3) is 15.9 Å². The molecular formula is C27H27F4IN4O4S. The molecule has 0 aliphatic heterocycles. The first-order valence-corrected chi connectivity index (χ1v) is 15.1. The lowest BCUT2D eigenvalue weighted by Crippen LogP contribution is -2.51. The first-order valence-electron chi connectivity index (χ1n) is 12.6. The summed E-state index contributed by atoms with van der Waals surface area (Å²) >= 11 is 1.88. The molecule has 2 aromatic carbocycles. The van der Waals surface area contributed by atoms with E-state index < -0.39 is 79.1 Å². The van der Waals surface area contributed by atoms with E-state index >= 15 is 13.2 Å². The van der Waals surface area contributed by atoms with Crippen molar-refractivity contribution in [1.29, 1.82) is 0 Å². The summed E-state index contributed by atoms with van der Waals surface area (Å²) in [6.45, 7) is 4.94. The van der Waals surface area contributed by atoms with Gasteiger partial charge >= 0.3 is 0 Å². The molecule has 0 spiro atoms. The second kappa shape index (κ2) is 12.2. The molecule has 1 saturated carbocycles. The summed E-state index contributed by atoms with van der Waals surface area (Å²) in [6, 6.07) is 6.07. The Hall–Kier alpha value is -2.82. The van der Waals surface area contributed by atoms with Gasteiger partial charge in [-0.2, -0.15) is 0 Å². The summed E-state index contributed by atoms with van der Waals surface area (Å²) in [6.07, 6.45) is 1.94. The molecule has 220 valence electrons. The van der Waals surface area contributed by atoms with Gasteiger partial charge in [0, 0.05) is 21.7 Å². The minimum atomic E-state index is -4.36. The maximum atomic E-state index is 15.5. The van der Waals surface area contributed by atoms with Crippen molar-refractivity contribution in [2.75, 3.05) is 5.32 Å². The maximum absolute atomic E-state index is 15.5. The molecule has 0 bridgehead atoms. The zero-order valence-electron chi connectivity index (χ0n) is 22.2. The number of rotatable bonds is 10. The summed E-state index contributed by atoms with van der Waals surface area (Å²) in [4.78, 5) is 21.7. The van der Waals surface area contributed by atoms with Gasteiger partial charge in [-0.15, -0.1) is 0 Å². The number of hydroxylamine groups is 1. The van der Waals surface area contributed by atoms with Crippen molar-refractivity contribution in [3.8, 4) is 0 Å². The van der Waals surface area contributed by atoms with Crippen LogP contribution < -0.4 is 15.5 Å². The minimum Gasteiger partial charge on any atom is -0.350 e. The number of hydrogen-bond donors (Lipinski definition) is 3. The second-order valence-corrected chi connectivity index (χ2v) is 13.1. The fourth-order valence-corrected chi connectivity index (χ4v) is 6.20. The Balaban J connectivity index is 1.74. The number of hydrogen-bond acceptors (Lipinski definition) is 6. The molecule has 1 aliphatic carbocycles. The molecule has 4 rings (SSSR count). The molecule has 1 aromatic heterocycles. The number of benzene rings is 2. The Morgan fingerprint density at radius 1 is 1.07 bits per heavy atom. The van der Waals surface area contributed by atoms with Crippen molar-refractivity contribution in [2.24, 2.45) is 0 Å². The smallest absolute Gasteiger partial charge is 0.277 e. The molecular weight excluding hydrogens is 679 g/mol. The van der Waals surface area contributed by atoms with E-state index in [2.05, 4.69) is 20.5 Å². The number of anilines is 2. The topological polar surface area (TPSA) is 109 Å². The fourth-order valence-electron chi connectivity index (χ4n) is 4.23. The summed E-state index contributed by atoms with van der Waals surface area (Å²) in [5.41, 5.74) is -0.716. The average Bonchev–Trinajstić information content (AvgIpc) is 2.88. The highest BCUT2D eigenvalue weighted by Crippen LogP contribution is 2.34. The average molecular weight is 707 g/mol. The standard InChI is InChI=1S/C27H27F4IN4O4S/c1-14(2)40-35-25(37)18-12-16(21(29)23(31)24(18)34-20-6-5-17(32)13-19(20)28)11-15-7-10-33-26(22(15)30)41(38,39)36-27(3)8-4-9-27/h5-7,10,12-14,34,36H,4,8-9,11H2,1-3H3,(H,35,37). The van der Waals surface area contributed by atoms with Gasteiger partial charge in [-0.05, 0) is 104 Å². The lowest BCUT2D eigenvalue weighted by molar-refractivity contribution is 0.000216. The van der Waals surface area contributed by atoms with Gasteiger partial charge in [0.1, 0.15) is 5.82 Å². The van der Waals surface area contributed by atoms with Gasteiger partial charge in [0.05, 0.1) is 23.0 Å². The Bertz CT molecular complexity index is 1600. The zero-order valence-corrected chi connectivity index (χ0v) is 25.2. The Morgan fingerprint density at radius 2 is 1.78 bits per heavy atom. The zero-order chi connectivity index (χ0) is 30.1. The van der Waals surface area contributed by atoms with Gasteiger partial charge in [0.15, 0.2) is 17.5 Å². The van der Waals surface area contributed by atoms with Crippen LogP contribution in [0.15, 0.2) is 41.6 Å². The molecule has 14 heteroatoms. The van der Waals surface area contributed by atoms with Crippen molar-refractivity contribution in [2.45, 2.75) is 63.1 Å². The van der Waals surface area contributed by atoms with E-state index in [-0.39, 0.29) is 11.3 Å². The number of pyridine rings is 1. The molecule has 0 saturated heterocycles. The monoisotopic (exact) mass is 706 g/mol. The van der Waals surface area contributed by atoms with E-state index in [4.69, 9.17) is 4.84 Å². The van der Waals surface area contributed by atoms with Crippen LogP contribution in [0.2, 0.25) is 0 Å². The predicted octanol–water partition coefficient (Wildman–Crippen LogP) is 5.87. The van der Waals surface area contributed by atoms with Crippen molar-refractivity contribution in [1.82, 2.24) is 15.2 Å². The van der Waals surface area contributed by atoms with Gasteiger partial charge in [-0.3, -0.25) is 9.63 Å². The van der Waals surface area contributed by atoms with E-state index in [1.165, 1.54) is 12.1 Å². The molecule has 41 heavy (non-hydrogen) atoms. The summed E-state index contributed by atoms with van der Waals surface area (Å²) in [5, 5.41) is 1.55. The third kappa shape index (κ3) is 6.98. The third-order valence-electron chi connectivity index (χ3n) is 6.52. The molecule has 8 nitrogen and oxygen atoms in total. The molecule has 0 radical (unpaired) electrons. The molecule has 1 heterocycles. The van der Waals surface area contributed by atoms with E-state index in [9.17, 15) is 17.6 Å². The second-order valence-electron chi connectivity index (χ2n) is 10.2. The number of amides is 1. The third-order valence-corrected chi connectivity index (χ3v) is 8.74. The van der Waals surface area contributed by atoms with Crippen molar-refractivity contribution in [3.63, 3.8) is 0 Å².